The maximum absolute atomic E-state index is 11.8. The van der Waals surface area contributed by atoms with Crippen molar-refractivity contribution in [3.05, 3.63) is 54.0 Å². The summed E-state index contributed by atoms with van der Waals surface area (Å²) >= 11 is 0. The number of rotatable bonds is 5. The van der Waals surface area contributed by atoms with E-state index in [0.29, 0.717) is 30.0 Å². The van der Waals surface area contributed by atoms with Crippen molar-refractivity contribution < 1.29 is 14.0 Å². The molecule has 0 saturated carbocycles. The number of carbonyl (C=O) groups is 2. The lowest BCUT2D eigenvalue weighted by Gasteiger charge is -2.04. The van der Waals surface area contributed by atoms with Crippen molar-refractivity contribution in [3.63, 3.8) is 0 Å². The first kappa shape index (κ1) is 11.9. The minimum atomic E-state index is -0.191. The number of amides is 2. The Hall–Kier alpha value is -2.56. The van der Waals surface area contributed by atoms with E-state index in [1.54, 1.807) is 42.7 Å². The van der Waals surface area contributed by atoms with Crippen LogP contribution in [0.1, 0.15) is 16.1 Å². The molecule has 1 aromatic carbocycles. The Labute approximate surface area is 104 Å². The predicted octanol–water partition coefficient (Wildman–Crippen LogP) is 1.78. The van der Waals surface area contributed by atoms with Crippen molar-refractivity contribution in [2.45, 2.75) is 6.54 Å². The van der Waals surface area contributed by atoms with E-state index >= 15 is 0 Å². The van der Waals surface area contributed by atoms with E-state index in [-0.39, 0.29) is 5.91 Å². The second-order valence-corrected chi connectivity index (χ2v) is 3.60. The van der Waals surface area contributed by atoms with E-state index in [4.69, 9.17) is 4.42 Å². The number of nitrogens with one attached hydrogen (secondary N) is 2. The molecule has 0 spiro atoms. The van der Waals surface area contributed by atoms with E-state index in [2.05, 4.69) is 10.6 Å². The Kier molecular flexibility index (Phi) is 3.76. The standard InChI is InChI=1S/C13H12N2O3/c16-9-15-11-5-3-10(4-6-11)13(17)14-8-12-2-1-7-18-12/h1-7,9H,8H2,(H,14,17)(H,15,16). The topological polar surface area (TPSA) is 71.3 Å². The summed E-state index contributed by atoms with van der Waals surface area (Å²) < 4.78 is 5.11. The van der Waals surface area contributed by atoms with Gasteiger partial charge in [-0.05, 0) is 36.4 Å². The van der Waals surface area contributed by atoms with Crippen LogP contribution >= 0.6 is 0 Å². The maximum Gasteiger partial charge on any atom is 0.251 e. The largest absolute Gasteiger partial charge is 0.467 e. The van der Waals surface area contributed by atoms with Gasteiger partial charge in [-0.1, -0.05) is 0 Å². The van der Waals surface area contributed by atoms with E-state index in [0.717, 1.165) is 0 Å². The highest BCUT2D eigenvalue weighted by Gasteiger charge is 2.05. The molecule has 5 nitrogen and oxygen atoms in total. The number of hydrogen-bond donors (Lipinski definition) is 2. The van der Waals surface area contributed by atoms with Gasteiger partial charge in [0.25, 0.3) is 5.91 Å². The lowest BCUT2D eigenvalue weighted by atomic mass is 10.2. The Bertz CT molecular complexity index is 518. The minimum Gasteiger partial charge on any atom is -0.467 e. The number of furan rings is 1. The van der Waals surface area contributed by atoms with Crippen molar-refractivity contribution in [1.82, 2.24) is 5.32 Å². The average molecular weight is 244 g/mol. The molecule has 0 saturated heterocycles. The second-order valence-electron chi connectivity index (χ2n) is 3.60. The van der Waals surface area contributed by atoms with Gasteiger partial charge in [0.1, 0.15) is 5.76 Å². The van der Waals surface area contributed by atoms with Gasteiger partial charge in [0.2, 0.25) is 6.41 Å². The number of benzene rings is 1. The predicted molar refractivity (Wildman–Crippen MR) is 66.0 cm³/mol. The third-order valence-corrected chi connectivity index (χ3v) is 2.38. The lowest BCUT2D eigenvalue weighted by molar-refractivity contribution is -0.105. The molecule has 0 fully saturated rings. The third kappa shape index (κ3) is 2.98. The first-order chi connectivity index (χ1) is 8.79. The molecular formula is C13H12N2O3. The summed E-state index contributed by atoms with van der Waals surface area (Å²) in [6.45, 7) is 0.347. The van der Waals surface area contributed by atoms with Crippen LogP contribution in [0.5, 0.6) is 0 Å². The van der Waals surface area contributed by atoms with Gasteiger partial charge in [-0.3, -0.25) is 9.59 Å². The maximum atomic E-state index is 11.8. The Balaban J connectivity index is 1.94. The van der Waals surface area contributed by atoms with Gasteiger partial charge in [0, 0.05) is 11.3 Å². The number of carbonyl (C=O) groups excluding carboxylic acids is 2. The fourth-order valence-corrected chi connectivity index (χ4v) is 1.47. The zero-order chi connectivity index (χ0) is 12.8. The highest BCUT2D eigenvalue weighted by atomic mass is 16.3. The summed E-state index contributed by atoms with van der Waals surface area (Å²) in [5.74, 6) is 0.506. The van der Waals surface area contributed by atoms with Crippen molar-refractivity contribution in [2.24, 2.45) is 0 Å². The van der Waals surface area contributed by atoms with Gasteiger partial charge in [0.15, 0.2) is 0 Å². The molecule has 18 heavy (non-hydrogen) atoms. The molecule has 0 unspecified atom stereocenters. The molecule has 92 valence electrons. The zero-order valence-electron chi connectivity index (χ0n) is 9.55. The van der Waals surface area contributed by atoms with Gasteiger partial charge >= 0.3 is 0 Å². The lowest BCUT2D eigenvalue weighted by Crippen LogP contribution is -2.22. The van der Waals surface area contributed by atoms with Gasteiger partial charge in [-0.25, -0.2) is 0 Å². The van der Waals surface area contributed by atoms with Crippen LogP contribution in [0.4, 0.5) is 5.69 Å². The molecule has 2 N–H and O–H groups in total. The summed E-state index contributed by atoms with van der Waals surface area (Å²) in [5.41, 5.74) is 1.17. The minimum absolute atomic E-state index is 0.191. The molecule has 2 aromatic rings. The fourth-order valence-electron chi connectivity index (χ4n) is 1.47. The summed E-state index contributed by atoms with van der Waals surface area (Å²) in [6.07, 6.45) is 2.15. The second kappa shape index (κ2) is 5.67. The SMILES string of the molecule is O=CNc1ccc(C(=O)NCc2ccco2)cc1. The molecule has 0 bridgehead atoms. The molecule has 2 amide bonds. The van der Waals surface area contributed by atoms with E-state index in [9.17, 15) is 9.59 Å². The molecule has 1 heterocycles. The van der Waals surface area contributed by atoms with E-state index in [1.807, 2.05) is 0 Å². The van der Waals surface area contributed by atoms with Crippen LogP contribution in [0.2, 0.25) is 0 Å². The smallest absolute Gasteiger partial charge is 0.251 e. The molecule has 0 atom stereocenters. The van der Waals surface area contributed by atoms with Crippen molar-refractivity contribution in [3.8, 4) is 0 Å². The van der Waals surface area contributed by atoms with Crippen LogP contribution in [0.3, 0.4) is 0 Å². The van der Waals surface area contributed by atoms with Crippen molar-refractivity contribution in [2.75, 3.05) is 5.32 Å². The van der Waals surface area contributed by atoms with E-state index < -0.39 is 0 Å². The van der Waals surface area contributed by atoms with Gasteiger partial charge in [-0.15, -0.1) is 0 Å². The molecule has 0 radical (unpaired) electrons. The summed E-state index contributed by atoms with van der Waals surface area (Å²) in [7, 11) is 0. The quantitative estimate of drug-likeness (QED) is 0.787. The molecule has 5 heteroatoms. The average Bonchev–Trinajstić information content (AvgIpc) is 2.90. The number of anilines is 1. The highest BCUT2D eigenvalue weighted by Crippen LogP contribution is 2.09. The van der Waals surface area contributed by atoms with Gasteiger partial charge in [0.05, 0.1) is 12.8 Å². The monoisotopic (exact) mass is 244 g/mol. The first-order valence-corrected chi connectivity index (χ1v) is 5.40. The van der Waals surface area contributed by atoms with Crippen LogP contribution in [-0.2, 0) is 11.3 Å². The Morgan fingerprint density at radius 3 is 2.61 bits per heavy atom. The van der Waals surface area contributed by atoms with Crippen LogP contribution in [0.25, 0.3) is 0 Å². The molecule has 0 aliphatic rings. The van der Waals surface area contributed by atoms with Crippen LogP contribution < -0.4 is 10.6 Å². The molecule has 2 rings (SSSR count). The zero-order valence-corrected chi connectivity index (χ0v) is 9.55. The van der Waals surface area contributed by atoms with Crippen molar-refractivity contribution >= 4 is 18.0 Å². The van der Waals surface area contributed by atoms with Gasteiger partial charge < -0.3 is 15.1 Å². The summed E-state index contributed by atoms with van der Waals surface area (Å²) in [5, 5.41) is 5.23. The molecular weight excluding hydrogens is 232 g/mol. The molecule has 0 aliphatic heterocycles. The normalized spacial score (nSPS) is 9.78. The highest BCUT2D eigenvalue weighted by molar-refractivity contribution is 5.94. The third-order valence-electron chi connectivity index (χ3n) is 2.38. The van der Waals surface area contributed by atoms with Crippen LogP contribution in [-0.4, -0.2) is 12.3 Å². The van der Waals surface area contributed by atoms with Crippen molar-refractivity contribution in [1.29, 1.82) is 0 Å². The fraction of sp³-hybridized carbons (Fsp3) is 0.0769. The summed E-state index contributed by atoms with van der Waals surface area (Å²) in [4.78, 5) is 22.0. The molecule has 0 aliphatic carbocycles. The summed E-state index contributed by atoms with van der Waals surface area (Å²) in [6, 6.07) is 10.2. The van der Waals surface area contributed by atoms with E-state index in [1.165, 1.54) is 0 Å². The Morgan fingerprint density at radius 2 is 2.00 bits per heavy atom. The first-order valence-electron chi connectivity index (χ1n) is 5.40. The van der Waals surface area contributed by atoms with Gasteiger partial charge in [-0.2, -0.15) is 0 Å². The Morgan fingerprint density at radius 1 is 1.22 bits per heavy atom. The molecule has 1 aromatic heterocycles. The van der Waals surface area contributed by atoms with Crippen LogP contribution in [0, 0.1) is 0 Å². The van der Waals surface area contributed by atoms with Crippen LogP contribution in [0.15, 0.2) is 47.1 Å². The number of hydrogen-bond acceptors (Lipinski definition) is 3.